The van der Waals surface area contributed by atoms with Crippen molar-refractivity contribution in [3.63, 3.8) is 0 Å². The van der Waals surface area contributed by atoms with Gasteiger partial charge in [0.1, 0.15) is 0 Å². The van der Waals surface area contributed by atoms with E-state index in [0.29, 0.717) is 10.8 Å². The Balaban J connectivity index is 2.46. The number of fused-ring (bicyclic) bond motifs is 2. The summed E-state index contributed by atoms with van der Waals surface area (Å²) in [7, 11) is 0. The van der Waals surface area contributed by atoms with Crippen molar-refractivity contribution in [2.24, 2.45) is 27.7 Å². The van der Waals surface area contributed by atoms with Crippen LogP contribution >= 0.6 is 0 Å². The zero-order chi connectivity index (χ0) is 8.98. The second-order valence-electron chi connectivity index (χ2n) is 5.07. The normalized spacial score (nSPS) is 47.2. The molecule has 2 saturated carbocycles. The molecule has 0 aromatic rings. The Morgan fingerprint density at radius 1 is 1.42 bits per heavy atom. The first-order chi connectivity index (χ1) is 5.52. The highest BCUT2D eigenvalue weighted by molar-refractivity contribution is 5.94. The lowest BCUT2D eigenvalue weighted by Gasteiger charge is -2.34. The molecule has 0 aromatic carbocycles. The highest BCUT2D eigenvalue weighted by Crippen LogP contribution is 2.63. The summed E-state index contributed by atoms with van der Waals surface area (Å²) in [5.74, 6) is 6.24. The molecule has 2 bridgehead atoms. The van der Waals surface area contributed by atoms with Gasteiger partial charge in [0.15, 0.2) is 0 Å². The number of hydrazone groups is 1. The zero-order valence-corrected chi connectivity index (χ0v) is 8.22. The first-order valence-corrected chi connectivity index (χ1v) is 4.79. The van der Waals surface area contributed by atoms with Crippen LogP contribution < -0.4 is 5.84 Å². The van der Waals surface area contributed by atoms with E-state index in [0.717, 1.165) is 12.3 Å². The molecule has 0 amide bonds. The summed E-state index contributed by atoms with van der Waals surface area (Å²) in [6.45, 7) is 7.05. The molecular weight excluding hydrogens is 148 g/mol. The fourth-order valence-electron chi connectivity index (χ4n) is 3.12. The summed E-state index contributed by atoms with van der Waals surface area (Å²) in [6.07, 6.45) is 3.78. The van der Waals surface area contributed by atoms with Crippen molar-refractivity contribution in [1.82, 2.24) is 0 Å². The summed E-state index contributed by atoms with van der Waals surface area (Å²) >= 11 is 0. The van der Waals surface area contributed by atoms with Gasteiger partial charge in [0.25, 0.3) is 0 Å². The molecule has 2 fully saturated rings. The summed E-state index contributed by atoms with van der Waals surface area (Å²) in [5.41, 5.74) is 1.97. The molecule has 2 aliphatic carbocycles. The molecule has 0 saturated heterocycles. The highest BCUT2D eigenvalue weighted by Gasteiger charge is 2.59. The fraction of sp³-hybridized carbons (Fsp3) is 0.900. The lowest BCUT2D eigenvalue weighted by atomic mass is 9.70. The molecule has 68 valence electrons. The minimum atomic E-state index is 0.298. The molecule has 0 unspecified atom stereocenters. The Morgan fingerprint density at radius 2 is 2.08 bits per heavy atom. The second-order valence-corrected chi connectivity index (χ2v) is 5.07. The largest absolute Gasteiger partial charge is 0.323 e. The number of nitrogens with zero attached hydrogens (tertiary/aromatic N) is 1. The molecule has 2 rings (SSSR count). The molecule has 0 spiro atoms. The third-order valence-corrected chi connectivity index (χ3v) is 4.67. The van der Waals surface area contributed by atoms with E-state index in [2.05, 4.69) is 25.9 Å². The van der Waals surface area contributed by atoms with Crippen LogP contribution in [0.5, 0.6) is 0 Å². The molecule has 2 heteroatoms. The van der Waals surface area contributed by atoms with Gasteiger partial charge >= 0.3 is 0 Å². The molecule has 2 atom stereocenters. The van der Waals surface area contributed by atoms with E-state index in [1.807, 2.05) is 0 Å². The van der Waals surface area contributed by atoms with Crippen molar-refractivity contribution < 1.29 is 0 Å². The average molecular weight is 166 g/mol. The Hall–Kier alpha value is -0.530. The van der Waals surface area contributed by atoms with E-state index in [1.165, 1.54) is 18.6 Å². The minimum Gasteiger partial charge on any atom is -0.323 e. The molecule has 0 aromatic heterocycles. The van der Waals surface area contributed by atoms with E-state index >= 15 is 0 Å². The third-order valence-electron chi connectivity index (χ3n) is 4.67. The summed E-state index contributed by atoms with van der Waals surface area (Å²) in [4.78, 5) is 0. The van der Waals surface area contributed by atoms with Crippen LogP contribution in [-0.2, 0) is 0 Å². The minimum absolute atomic E-state index is 0.298. The van der Waals surface area contributed by atoms with Crippen LogP contribution in [0.1, 0.15) is 40.0 Å². The lowest BCUT2D eigenvalue weighted by Crippen LogP contribution is -2.33. The van der Waals surface area contributed by atoms with Gasteiger partial charge in [0.2, 0.25) is 0 Å². The molecular formula is C10H18N2. The highest BCUT2D eigenvalue weighted by atomic mass is 15.1. The molecule has 12 heavy (non-hydrogen) atoms. The Kier molecular flexibility index (Phi) is 1.37. The second kappa shape index (κ2) is 2.04. The van der Waals surface area contributed by atoms with Crippen molar-refractivity contribution in [2.45, 2.75) is 40.0 Å². The summed E-state index contributed by atoms with van der Waals surface area (Å²) in [5, 5.41) is 3.95. The van der Waals surface area contributed by atoms with Crippen molar-refractivity contribution >= 4 is 5.71 Å². The molecule has 0 heterocycles. The molecule has 0 radical (unpaired) electrons. The van der Waals surface area contributed by atoms with E-state index in [1.54, 1.807) is 0 Å². The predicted molar refractivity (Wildman–Crippen MR) is 50.9 cm³/mol. The molecule has 2 nitrogen and oxygen atoms in total. The maximum absolute atomic E-state index is 5.41. The van der Waals surface area contributed by atoms with Gasteiger partial charge in [-0.2, -0.15) is 5.10 Å². The van der Waals surface area contributed by atoms with Crippen LogP contribution in [0.15, 0.2) is 5.10 Å². The summed E-state index contributed by atoms with van der Waals surface area (Å²) in [6, 6.07) is 0. The SMILES string of the molecule is CC1(C)[C@H]2CC[C@]1(C)C(=NN)C2. The van der Waals surface area contributed by atoms with Crippen LogP contribution in [0.4, 0.5) is 0 Å². The van der Waals surface area contributed by atoms with Crippen LogP contribution in [-0.4, -0.2) is 5.71 Å². The van der Waals surface area contributed by atoms with Gasteiger partial charge in [0.05, 0.1) is 0 Å². The van der Waals surface area contributed by atoms with Gasteiger partial charge in [-0.3, -0.25) is 0 Å². The van der Waals surface area contributed by atoms with Gasteiger partial charge < -0.3 is 5.84 Å². The quantitative estimate of drug-likeness (QED) is 0.434. The number of rotatable bonds is 0. The first kappa shape index (κ1) is 8.09. The van der Waals surface area contributed by atoms with Crippen molar-refractivity contribution in [2.75, 3.05) is 0 Å². The third kappa shape index (κ3) is 0.644. The van der Waals surface area contributed by atoms with E-state index in [4.69, 9.17) is 5.84 Å². The Bertz CT molecular complexity index is 242. The van der Waals surface area contributed by atoms with Gasteiger partial charge in [0, 0.05) is 11.1 Å². The maximum atomic E-state index is 5.41. The Morgan fingerprint density at radius 3 is 2.33 bits per heavy atom. The molecule has 0 aliphatic heterocycles. The van der Waals surface area contributed by atoms with Crippen molar-refractivity contribution in [3.05, 3.63) is 0 Å². The predicted octanol–water partition coefficient (Wildman–Crippen LogP) is 2.15. The van der Waals surface area contributed by atoms with Crippen LogP contribution in [0.25, 0.3) is 0 Å². The van der Waals surface area contributed by atoms with Crippen LogP contribution in [0.3, 0.4) is 0 Å². The van der Waals surface area contributed by atoms with Gasteiger partial charge in [-0.15, -0.1) is 0 Å². The van der Waals surface area contributed by atoms with Gasteiger partial charge in [-0.25, -0.2) is 0 Å². The van der Waals surface area contributed by atoms with Crippen molar-refractivity contribution in [3.8, 4) is 0 Å². The first-order valence-electron chi connectivity index (χ1n) is 4.79. The molecule has 2 N–H and O–H groups in total. The van der Waals surface area contributed by atoms with E-state index in [9.17, 15) is 0 Å². The summed E-state index contributed by atoms with van der Waals surface area (Å²) < 4.78 is 0. The van der Waals surface area contributed by atoms with Crippen LogP contribution in [0.2, 0.25) is 0 Å². The zero-order valence-electron chi connectivity index (χ0n) is 8.22. The van der Waals surface area contributed by atoms with Crippen molar-refractivity contribution in [1.29, 1.82) is 0 Å². The Labute approximate surface area is 74.2 Å². The average Bonchev–Trinajstić information content (AvgIpc) is 2.34. The van der Waals surface area contributed by atoms with Crippen LogP contribution in [0, 0.1) is 16.7 Å². The molecule has 2 aliphatic rings. The van der Waals surface area contributed by atoms with E-state index in [-0.39, 0.29) is 0 Å². The maximum Gasteiger partial charge on any atom is 0.0443 e. The van der Waals surface area contributed by atoms with Gasteiger partial charge in [-0.05, 0) is 30.6 Å². The fourth-order valence-corrected chi connectivity index (χ4v) is 3.12. The number of nitrogens with two attached hydrogens (primary N) is 1. The topological polar surface area (TPSA) is 38.4 Å². The standard InChI is InChI=1S/C10H18N2/c1-9(2)7-4-5-10(9,3)8(6-7)12-11/h7H,4-6,11H2,1-3H3/t7-,10+/m0/s1. The lowest BCUT2D eigenvalue weighted by molar-refractivity contribution is 0.194. The van der Waals surface area contributed by atoms with Gasteiger partial charge in [-0.1, -0.05) is 20.8 Å². The smallest absolute Gasteiger partial charge is 0.0443 e. The van der Waals surface area contributed by atoms with E-state index < -0.39 is 0 Å². The number of hydrogen-bond donors (Lipinski definition) is 1. The number of hydrogen-bond acceptors (Lipinski definition) is 2. The monoisotopic (exact) mass is 166 g/mol.